The molecule has 0 aliphatic carbocycles. The van der Waals surface area contributed by atoms with Crippen molar-refractivity contribution in [3.63, 3.8) is 0 Å². The molecule has 0 heterocycles. The highest BCUT2D eigenvalue weighted by Gasteiger charge is 2.38. The third kappa shape index (κ3) is 8.11. The van der Waals surface area contributed by atoms with Crippen LogP contribution in [0.15, 0.2) is 48.5 Å². The van der Waals surface area contributed by atoms with E-state index in [0.29, 0.717) is 25.3 Å². The molecule has 0 aromatic heterocycles. The molecule has 2 aromatic carbocycles. The maximum absolute atomic E-state index is 12.7. The van der Waals surface area contributed by atoms with Crippen LogP contribution in [0.25, 0.3) is 0 Å². The lowest BCUT2D eigenvalue weighted by Gasteiger charge is -2.32. The smallest absolute Gasteiger partial charge is 0.339 e. The highest BCUT2D eigenvalue weighted by molar-refractivity contribution is 6.05. The third-order valence-electron chi connectivity index (χ3n) is 6.37. The molecule has 1 atom stereocenters. The minimum Gasteiger partial charge on any atom is -0.497 e. The third-order valence-corrected chi connectivity index (χ3v) is 6.37. The number of carbonyl (C=O) groups is 3. The Kier molecular flexibility index (Phi) is 11.0. The Bertz CT molecular complexity index is 1010. The summed E-state index contributed by atoms with van der Waals surface area (Å²) in [4.78, 5) is 38.1. The maximum atomic E-state index is 12.7. The average Bonchev–Trinajstić information content (AvgIpc) is 2.86. The number of methoxy groups -OCH3 is 1. The Labute approximate surface area is 214 Å². The molecule has 1 amide bonds. The first kappa shape index (κ1) is 28.9. The molecule has 196 valence electrons. The second kappa shape index (κ2) is 13.7. The van der Waals surface area contributed by atoms with Gasteiger partial charge in [0.05, 0.1) is 23.7 Å². The van der Waals surface area contributed by atoms with Gasteiger partial charge in [0.2, 0.25) is 0 Å². The van der Waals surface area contributed by atoms with Crippen LogP contribution in [0.3, 0.4) is 0 Å². The minimum atomic E-state index is -0.638. The standard InChI is InChI=1S/C29H39NO6/c1-20(2)19-29(5,21(3)4)28(33)36-18-17-35-27(32)25-10-8-7-9-24(25)26(31)30-16-15-22-11-13-23(34-6)14-12-22/h7-14,20-21H,15-19H2,1-6H3,(H,30,31). The number of carbonyl (C=O) groups excluding carboxylic acids is 3. The van der Waals surface area contributed by atoms with Gasteiger partial charge >= 0.3 is 11.9 Å². The molecule has 0 spiro atoms. The van der Waals surface area contributed by atoms with Crippen LogP contribution in [-0.2, 0) is 20.7 Å². The zero-order valence-electron chi connectivity index (χ0n) is 22.3. The molecular weight excluding hydrogens is 458 g/mol. The Balaban J connectivity index is 1.88. The summed E-state index contributed by atoms with van der Waals surface area (Å²) in [6, 6.07) is 14.1. The van der Waals surface area contributed by atoms with Crippen molar-refractivity contribution in [1.29, 1.82) is 0 Å². The van der Waals surface area contributed by atoms with Gasteiger partial charge in [0, 0.05) is 6.54 Å². The van der Waals surface area contributed by atoms with E-state index in [0.717, 1.165) is 11.3 Å². The van der Waals surface area contributed by atoms with E-state index in [9.17, 15) is 14.4 Å². The van der Waals surface area contributed by atoms with E-state index < -0.39 is 11.4 Å². The predicted octanol–water partition coefficient (Wildman–Crippen LogP) is 5.08. The van der Waals surface area contributed by atoms with Gasteiger partial charge in [0.15, 0.2) is 0 Å². The van der Waals surface area contributed by atoms with E-state index in [-0.39, 0.29) is 42.1 Å². The van der Waals surface area contributed by atoms with Crippen LogP contribution in [0.4, 0.5) is 0 Å². The molecule has 0 saturated heterocycles. The van der Waals surface area contributed by atoms with Gasteiger partial charge in [0.25, 0.3) is 5.91 Å². The van der Waals surface area contributed by atoms with E-state index in [2.05, 4.69) is 19.2 Å². The van der Waals surface area contributed by atoms with Crippen LogP contribution in [-0.4, -0.2) is 44.7 Å². The van der Waals surface area contributed by atoms with Gasteiger partial charge in [-0.1, -0.05) is 52.0 Å². The molecule has 0 aliphatic rings. The van der Waals surface area contributed by atoms with Gasteiger partial charge in [-0.15, -0.1) is 0 Å². The van der Waals surface area contributed by atoms with Crippen molar-refractivity contribution in [3.05, 3.63) is 65.2 Å². The molecule has 36 heavy (non-hydrogen) atoms. The summed E-state index contributed by atoms with van der Waals surface area (Å²) in [5.74, 6) is -0.0512. The lowest BCUT2D eigenvalue weighted by molar-refractivity contribution is -0.160. The molecule has 7 nitrogen and oxygen atoms in total. The molecule has 0 fully saturated rings. The number of amides is 1. The number of rotatable bonds is 13. The van der Waals surface area contributed by atoms with Gasteiger partial charge in [-0.2, -0.15) is 0 Å². The summed E-state index contributed by atoms with van der Waals surface area (Å²) in [6.45, 7) is 10.3. The quantitative estimate of drug-likeness (QED) is 0.307. The predicted molar refractivity (Wildman–Crippen MR) is 139 cm³/mol. The van der Waals surface area contributed by atoms with Crippen LogP contribution in [0.1, 0.15) is 67.3 Å². The van der Waals surface area contributed by atoms with E-state index in [1.165, 1.54) is 0 Å². The summed E-state index contributed by atoms with van der Waals surface area (Å²) < 4.78 is 15.9. The van der Waals surface area contributed by atoms with E-state index in [1.54, 1.807) is 31.4 Å². The van der Waals surface area contributed by atoms with Crippen molar-refractivity contribution in [2.45, 2.75) is 47.5 Å². The fraction of sp³-hybridized carbons (Fsp3) is 0.483. The number of ether oxygens (including phenoxy) is 3. The summed E-state index contributed by atoms with van der Waals surface area (Å²) in [5.41, 5.74) is 0.853. The molecule has 1 unspecified atom stereocenters. The van der Waals surface area contributed by atoms with Gasteiger partial charge in [0.1, 0.15) is 19.0 Å². The zero-order chi connectivity index (χ0) is 26.7. The normalized spacial score (nSPS) is 12.7. The molecule has 2 rings (SSSR count). The van der Waals surface area contributed by atoms with Crippen LogP contribution in [0.5, 0.6) is 5.75 Å². The van der Waals surface area contributed by atoms with Gasteiger partial charge in [-0.3, -0.25) is 9.59 Å². The maximum Gasteiger partial charge on any atom is 0.339 e. The highest BCUT2D eigenvalue weighted by Crippen LogP contribution is 2.35. The topological polar surface area (TPSA) is 90.9 Å². The van der Waals surface area contributed by atoms with Gasteiger partial charge in [-0.05, 0) is 61.4 Å². The van der Waals surface area contributed by atoms with Crippen LogP contribution in [0.2, 0.25) is 0 Å². The molecule has 0 saturated carbocycles. The highest BCUT2D eigenvalue weighted by atomic mass is 16.6. The fourth-order valence-electron chi connectivity index (χ4n) is 3.98. The van der Waals surface area contributed by atoms with Crippen LogP contribution in [0, 0.1) is 17.3 Å². The minimum absolute atomic E-state index is 0.0405. The Morgan fingerprint density at radius 1 is 0.889 bits per heavy atom. The summed E-state index contributed by atoms with van der Waals surface area (Å²) >= 11 is 0. The first-order chi connectivity index (χ1) is 17.1. The van der Waals surface area contributed by atoms with Crippen LogP contribution >= 0.6 is 0 Å². The van der Waals surface area contributed by atoms with Crippen molar-refractivity contribution >= 4 is 17.8 Å². The zero-order valence-corrected chi connectivity index (χ0v) is 22.3. The second-order valence-corrected chi connectivity index (χ2v) is 9.84. The largest absolute Gasteiger partial charge is 0.497 e. The molecule has 7 heteroatoms. The lowest BCUT2D eigenvalue weighted by Crippen LogP contribution is -2.37. The average molecular weight is 498 g/mol. The Hall–Kier alpha value is -3.35. The molecule has 2 aromatic rings. The number of esters is 2. The van der Waals surface area contributed by atoms with Crippen molar-refractivity contribution in [1.82, 2.24) is 5.32 Å². The number of benzene rings is 2. The summed E-state index contributed by atoms with van der Waals surface area (Å²) in [6.07, 6.45) is 1.35. The van der Waals surface area contributed by atoms with E-state index in [4.69, 9.17) is 14.2 Å². The van der Waals surface area contributed by atoms with Gasteiger partial charge in [-0.25, -0.2) is 4.79 Å². The first-order valence-corrected chi connectivity index (χ1v) is 12.4. The Morgan fingerprint density at radius 3 is 2.08 bits per heavy atom. The second-order valence-electron chi connectivity index (χ2n) is 9.84. The van der Waals surface area contributed by atoms with E-state index >= 15 is 0 Å². The number of hydrogen-bond donors (Lipinski definition) is 1. The molecule has 0 radical (unpaired) electrons. The van der Waals surface area contributed by atoms with Crippen LogP contribution < -0.4 is 10.1 Å². The van der Waals surface area contributed by atoms with E-state index in [1.807, 2.05) is 45.0 Å². The van der Waals surface area contributed by atoms with Crippen molar-refractivity contribution in [2.75, 3.05) is 26.9 Å². The first-order valence-electron chi connectivity index (χ1n) is 12.4. The van der Waals surface area contributed by atoms with Gasteiger partial charge < -0.3 is 19.5 Å². The monoisotopic (exact) mass is 497 g/mol. The summed E-state index contributed by atoms with van der Waals surface area (Å²) in [7, 11) is 1.61. The molecular formula is C29H39NO6. The van der Waals surface area contributed by atoms with Crippen molar-refractivity contribution in [3.8, 4) is 5.75 Å². The van der Waals surface area contributed by atoms with Crippen molar-refractivity contribution in [2.24, 2.45) is 17.3 Å². The van der Waals surface area contributed by atoms with Crippen molar-refractivity contribution < 1.29 is 28.6 Å². The molecule has 0 aliphatic heterocycles. The summed E-state index contributed by atoms with van der Waals surface area (Å²) in [5, 5.41) is 2.85. The number of hydrogen-bond acceptors (Lipinski definition) is 6. The lowest BCUT2D eigenvalue weighted by atomic mass is 9.73. The molecule has 1 N–H and O–H groups in total. The molecule has 0 bridgehead atoms. The Morgan fingerprint density at radius 2 is 1.50 bits per heavy atom. The number of nitrogens with one attached hydrogen (secondary N) is 1. The fourth-order valence-corrected chi connectivity index (χ4v) is 3.98. The SMILES string of the molecule is COc1ccc(CCNC(=O)c2ccccc2C(=O)OCCOC(=O)C(C)(CC(C)C)C(C)C)cc1.